The van der Waals surface area contributed by atoms with E-state index in [1.807, 2.05) is 61.5 Å². The first-order chi connectivity index (χ1) is 12.5. The average molecular weight is 356 g/mol. The number of benzene rings is 2. The summed E-state index contributed by atoms with van der Waals surface area (Å²) >= 11 is 0. The molecule has 6 nitrogen and oxygen atoms in total. The first-order valence-electron chi connectivity index (χ1n) is 8.37. The lowest BCUT2D eigenvalue weighted by Crippen LogP contribution is -2.32. The van der Waals surface area contributed by atoms with Crippen LogP contribution in [0.2, 0.25) is 0 Å². The highest BCUT2D eigenvalue weighted by Gasteiger charge is 2.17. The number of esters is 1. The van der Waals surface area contributed by atoms with Gasteiger partial charge in [-0.1, -0.05) is 30.3 Å². The summed E-state index contributed by atoms with van der Waals surface area (Å²) < 4.78 is 10.5. The van der Waals surface area contributed by atoms with Gasteiger partial charge in [-0.3, -0.25) is 4.79 Å². The number of hydrogen-bond acceptors (Lipinski definition) is 5. The van der Waals surface area contributed by atoms with Gasteiger partial charge in [0.05, 0.1) is 0 Å². The van der Waals surface area contributed by atoms with Gasteiger partial charge < -0.3 is 19.7 Å². The molecule has 0 aliphatic heterocycles. The molecule has 138 valence electrons. The molecular formula is C20H24N2O4. The van der Waals surface area contributed by atoms with Crippen LogP contribution in [0.3, 0.4) is 0 Å². The van der Waals surface area contributed by atoms with Gasteiger partial charge in [-0.15, -0.1) is 0 Å². The van der Waals surface area contributed by atoms with Crippen molar-refractivity contribution in [3.8, 4) is 5.75 Å². The zero-order valence-corrected chi connectivity index (χ0v) is 15.3. The molecule has 0 heterocycles. The molecule has 6 heteroatoms. The number of hydrogen-bond donors (Lipinski definition) is 1. The lowest BCUT2D eigenvalue weighted by atomic mass is 10.2. The molecule has 0 saturated heterocycles. The van der Waals surface area contributed by atoms with Gasteiger partial charge in [0.25, 0.3) is 5.91 Å². The van der Waals surface area contributed by atoms with E-state index in [1.165, 1.54) is 0 Å². The summed E-state index contributed by atoms with van der Waals surface area (Å²) in [5, 5.41) is 2.72. The molecule has 0 aromatic heterocycles. The van der Waals surface area contributed by atoms with Gasteiger partial charge in [-0.25, -0.2) is 4.79 Å². The normalized spacial score (nSPS) is 11.3. The largest absolute Gasteiger partial charge is 0.479 e. The Hall–Kier alpha value is -3.02. The molecule has 0 aliphatic carbocycles. The van der Waals surface area contributed by atoms with E-state index < -0.39 is 12.1 Å². The van der Waals surface area contributed by atoms with Crippen LogP contribution in [0.5, 0.6) is 5.75 Å². The van der Waals surface area contributed by atoms with E-state index >= 15 is 0 Å². The van der Waals surface area contributed by atoms with Crippen molar-refractivity contribution >= 4 is 17.6 Å². The molecule has 0 saturated carbocycles. The Labute approximate surface area is 153 Å². The molecule has 26 heavy (non-hydrogen) atoms. The van der Waals surface area contributed by atoms with Crippen molar-refractivity contribution in [2.75, 3.05) is 25.6 Å². The third-order valence-electron chi connectivity index (χ3n) is 3.68. The van der Waals surface area contributed by atoms with Crippen LogP contribution < -0.4 is 15.0 Å². The minimum absolute atomic E-state index is 0.336. The molecule has 0 aliphatic rings. The Kier molecular flexibility index (Phi) is 7.02. The van der Waals surface area contributed by atoms with E-state index in [1.54, 1.807) is 19.1 Å². The second kappa shape index (κ2) is 9.46. The Morgan fingerprint density at radius 3 is 2.31 bits per heavy atom. The third-order valence-corrected chi connectivity index (χ3v) is 3.68. The SMILES string of the molecule is C[C@@H](Oc1ccccc1)C(=O)OCC(=O)NCc1ccc(N(C)C)cc1. The van der Waals surface area contributed by atoms with Gasteiger partial charge >= 0.3 is 5.97 Å². The first-order valence-corrected chi connectivity index (χ1v) is 8.37. The molecule has 0 spiro atoms. The predicted octanol–water partition coefficient (Wildman–Crippen LogP) is 2.38. The molecule has 2 aromatic rings. The molecule has 1 atom stereocenters. The molecule has 2 aromatic carbocycles. The quantitative estimate of drug-likeness (QED) is 0.736. The number of rotatable bonds is 8. The van der Waals surface area contributed by atoms with Gasteiger partial charge in [-0.05, 0) is 36.8 Å². The van der Waals surface area contributed by atoms with Crippen molar-refractivity contribution in [1.29, 1.82) is 0 Å². The van der Waals surface area contributed by atoms with Crippen molar-refractivity contribution in [3.63, 3.8) is 0 Å². The van der Waals surface area contributed by atoms with Crippen LogP contribution in [0.25, 0.3) is 0 Å². The van der Waals surface area contributed by atoms with Crippen LogP contribution in [0.4, 0.5) is 5.69 Å². The minimum Gasteiger partial charge on any atom is -0.479 e. The van der Waals surface area contributed by atoms with E-state index in [0.717, 1.165) is 11.3 Å². The highest BCUT2D eigenvalue weighted by molar-refractivity contribution is 5.82. The molecule has 0 radical (unpaired) electrons. The number of nitrogens with one attached hydrogen (secondary N) is 1. The Morgan fingerprint density at radius 1 is 1.04 bits per heavy atom. The van der Waals surface area contributed by atoms with E-state index in [4.69, 9.17) is 9.47 Å². The highest BCUT2D eigenvalue weighted by atomic mass is 16.6. The topological polar surface area (TPSA) is 67.9 Å². The smallest absolute Gasteiger partial charge is 0.347 e. The molecule has 1 N–H and O–H groups in total. The van der Waals surface area contributed by atoms with Crippen molar-refractivity contribution < 1.29 is 19.1 Å². The lowest BCUT2D eigenvalue weighted by molar-refractivity contribution is -0.154. The second-order valence-electron chi connectivity index (χ2n) is 6.02. The summed E-state index contributed by atoms with van der Waals surface area (Å²) in [6.45, 7) is 1.62. The molecule has 0 fully saturated rings. The standard InChI is InChI=1S/C20H24N2O4/c1-15(26-18-7-5-4-6-8-18)20(24)25-14-19(23)21-13-16-9-11-17(12-10-16)22(2)3/h4-12,15H,13-14H2,1-3H3,(H,21,23)/t15-/m1/s1. The maximum Gasteiger partial charge on any atom is 0.347 e. The fourth-order valence-electron chi connectivity index (χ4n) is 2.17. The van der Waals surface area contributed by atoms with Crippen molar-refractivity contribution in [1.82, 2.24) is 5.32 Å². The fraction of sp³-hybridized carbons (Fsp3) is 0.300. The number of carbonyl (C=O) groups is 2. The van der Waals surface area contributed by atoms with E-state index in [9.17, 15) is 9.59 Å². The summed E-state index contributed by atoms with van der Waals surface area (Å²) in [6.07, 6.45) is -0.788. The van der Waals surface area contributed by atoms with Crippen LogP contribution in [0, 0.1) is 0 Å². The molecule has 0 bridgehead atoms. The molecular weight excluding hydrogens is 332 g/mol. The van der Waals surface area contributed by atoms with Crippen molar-refractivity contribution in [3.05, 3.63) is 60.2 Å². The number of amides is 1. The van der Waals surface area contributed by atoms with Gasteiger partial charge in [-0.2, -0.15) is 0 Å². The molecule has 0 unspecified atom stereocenters. The number of nitrogens with zero attached hydrogens (tertiary/aromatic N) is 1. The summed E-state index contributed by atoms with van der Waals surface area (Å²) in [5.41, 5.74) is 2.05. The lowest BCUT2D eigenvalue weighted by Gasteiger charge is -2.14. The van der Waals surface area contributed by atoms with Gasteiger partial charge in [0.1, 0.15) is 5.75 Å². The third kappa shape index (κ3) is 6.12. The maximum absolute atomic E-state index is 11.9. The number of anilines is 1. The van der Waals surface area contributed by atoms with Crippen LogP contribution in [-0.2, 0) is 20.9 Å². The van der Waals surface area contributed by atoms with Crippen LogP contribution >= 0.6 is 0 Å². The highest BCUT2D eigenvalue weighted by Crippen LogP contribution is 2.12. The van der Waals surface area contributed by atoms with E-state index in [2.05, 4.69) is 5.32 Å². The zero-order valence-electron chi connectivity index (χ0n) is 15.3. The first kappa shape index (κ1) is 19.3. The van der Waals surface area contributed by atoms with Crippen molar-refractivity contribution in [2.24, 2.45) is 0 Å². The van der Waals surface area contributed by atoms with E-state index in [0.29, 0.717) is 12.3 Å². The number of para-hydroxylation sites is 1. The van der Waals surface area contributed by atoms with E-state index in [-0.39, 0.29) is 12.5 Å². The van der Waals surface area contributed by atoms with Crippen LogP contribution in [0.15, 0.2) is 54.6 Å². The summed E-state index contributed by atoms with van der Waals surface area (Å²) in [7, 11) is 3.93. The zero-order chi connectivity index (χ0) is 18.9. The Balaban J connectivity index is 1.71. The summed E-state index contributed by atoms with van der Waals surface area (Å²) in [6, 6.07) is 16.8. The van der Waals surface area contributed by atoms with Crippen LogP contribution in [-0.4, -0.2) is 38.7 Å². The van der Waals surface area contributed by atoms with Crippen molar-refractivity contribution in [2.45, 2.75) is 19.6 Å². The Morgan fingerprint density at radius 2 is 1.69 bits per heavy atom. The molecule has 2 rings (SSSR count). The second-order valence-corrected chi connectivity index (χ2v) is 6.02. The average Bonchev–Trinajstić information content (AvgIpc) is 2.65. The summed E-state index contributed by atoms with van der Waals surface area (Å²) in [4.78, 5) is 25.7. The fourth-order valence-corrected chi connectivity index (χ4v) is 2.17. The summed E-state index contributed by atoms with van der Waals surface area (Å²) in [5.74, 6) is -0.371. The predicted molar refractivity (Wildman–Crippen MR) is 100 cm³/mol. The van der Waals surface area contributed by atoms with Crippen LogP contribution in [0.1, 0.15) is 12.5 Å². The Bertz CT molecular complexity index is 714. The molecule has 1 amide bonds. The maximum atomic E-state index is 11.9. The minimum atomic E-state index is -0.788. The number of ether oxygens (including phenoxy) is 2. The van der Waals surface area contributed by atoms with Gasteiger partial charge in [0.2, 0.25) is 0 Å². The van der Waals surface area contributed by atoms with Gasteiger partial charge in [0, 0.05) is 26.3 Å². The monoisotopic (exact) mass is 356 g/mol. The van der Waals surface area contributed by atoms with Gasteiger partial charge in [0.15, 0.2) is 12.7 Å². The number of carbonyl (C=O) groups excluding carboxylic acids is 2.